The normalized spacial score (nSPS) is 17.1. The molecule has 0 aromatic heterocycles. The first-order valence-corrected chi connectivity index (χ1v) is 7.39. The Morgan fingerprint density at radius 3 is 2.37 bits per heavy atom. The molecule has 1 aliphatic carbocycles. The largest absolute Gasteiger partial charge is 0.329 e. The second-order valence-electron chi connectivity index (χ2n) is 4.55. The minimum atomic E-state index is -3.67. The van der Waals surface area contributed by atoms with Crippen LogP contribution in [-0.2, 0) is 10.0 Å². The van der Waals surface area contributed by atoms with Crippen LogP contribution in [0, 0.1) is 16.0 Å². The lowest BCUT2D eigenvalue weighted by atomic mass is 10.2. The molecule has 0 unspecified atom stereocenters. The quantitative estimate of drug-likeness (QED) is 0.587. The van der Waals surface area contributed by atoms with Crippen molar-refractivity contribution in [2.75, 3.05) is 6.54 Å². The number of nitro groups is 1. The van der Waals surface area contributed by atoms with E-state index in [1.807, 2.05) is 0 Å². The maximum atomic E-state index is 12.1. The monoisotopic (exact) mass is 285 g/mol. The molecule has 0 aliphatic heterocycles. The first-order chi connectivity index (χ1) is 8.94. The molecule has 1 aromatic carbocycles. The summed E-state index contributed by atoms with van der Waals surface area (Å²) in [5.74, 6) is 0.304. The topological polar surface area (TPSA) is 115 Å². The Labute approximate surface area is 111 Å². The molecule has 0 heterocycles. The van der Waals surface area contributed by atoms with Crippen molar-refractivity contribution in [2.45, 2.75) is 23.8 Å². The Hall–Kier alpha value is -1.51. The summed E-state index contributed by atoms with van der Waals surface area (Å²) in [6, 6.07) is 4.52. The second-order valence-corrected chi connectivity index (χ2v) is 6.27. The minimum Gasteiger partial charge on any atom is -0.329 e. The molecule has 8 heteroatoms. The van der Waals surface area contributed by atoms with Gasteiger partial charge in [0.05, 0.1) is 9.82 Å². The van der Waals surface area contributed by atoms with Crippen molar-refractivity contribution in [3.8, 4) is 0 Å². The summed E-state index contributed by atoms with van der Waals surface area (Å²) in [6.07, 6.45) is 1.95. The van der Waals surface area contributed by atoms with E-state index in [4.69, 9.17) is 5.73 Å². The van der Waals surface area contributed by atoms with E-state index in [0.29, 0.717) is 5.92 Å². The molecule has 104 valence electrons. The number of hydrogen-bond acceptors (Lipinski definition) is 5. The Morgan fingerprint density at radius 2 is 1.95 bits per heavy atom. The molecule has 0 bridgehead atoms. The van der Waals surface area contributed by atoms with Crippen molar-refractivity contribution in [2.24, 2.45) is 11.7 Å². The van der Waals surface area contributed by atoms with Gasteiger partial charge in [-0.05, 0) is 30.9 Å². The molecule has 7 nitrogen and oxygen atoms in total. The van der Waals surface area contributed by atoms with E-state index in [-0.39, 0.29) is 23.2 Å². The van der Waals surface area contributed by atoms with Gasteiger partial charge in [-0.15, -0.1) is 0 Å². The average Bonchev–Trinajstić information content (AvgIpc) is 3.20. The zero-order valence-corrected chi connectivity index (χ0v) is 11.0. The molecule has 2 rings (SSSR count). The molecule has 0 spiro atoms. The van der Waals surface area contributed by atoms with Crippen LogP contribution in [0.2, 0.25) is 0 Å². The standard InChI is InChI=1S/C11H15N3O4S/c12-7-11(8-1-2-8)13-19(17,18)10-5-3-9(4-6-10)14(15)16/h3-6,8,11,13H,1-2,7,12H2/t11-/m1/s1. The van der Waals surface area contributed by atoms with Gasteiger partial charge in [0.1, 0.15) is 0 Å². The summed E-state index contributed by atoms with van der Waals surface area (Å²) >= 11 is 0. The summed E-state index contributed by atoms with van der Waals surface area (Å²) in [6.45, 7) is 0.247. The molecule has 1 saturated carbocycles. The maximum absolute atomic E-state index is 12.1. The minimum absolute atomic E-state index is 0.0113. The van der Waals surface area contributed by atoms with Crippen LogP contribution in [-0.4, -0.2) is 25.9 Å². The van der Waals surface area contributed by atoms with Crippen LogP contribution in [0.5, 0.6) is 0 Å². The molecule has 1 aromatic rings. The maximum Gasteiger partial charge on any atom is 0.269 e. The molecular weight excluding hydrogens is 270 g/mol. The Kier molecular flexibility index (Phi) is 3.83. The lowest BCUT2D eigenvalue weighted by Gasteiger charge is -2.16. The summed E-state index contributed by atoms with van der Waals surface area (Å²) in [7, 11) is -3.67. The molecule has 1 atom stereocenters. The molecule has 0 amide bonds. The first-order valence-electron chi connectivity index (χ1n) is 5.91. The van der Waals surface area contributed by atoms with E-state index in [2.05, 4.69) is 4.72 Å². The van der Waals surface area contributed by atoms with Gasteiger partial charge in [0.2, 0.25) is 10.0 Å². The Morgan fingerprint density at radius 1 is 1.37 bits per heavy atom. The van der Waals surface area contributed by atoms with Gasteiger partial charge in [-0.3, -0.25) is 10.1 Å². The second kappa shape index (κ2) is 5.24. The van der Waals surface area contributed by atoms with Crippen molar-refractivity contribution in [1.29, 1.82) is 0 Å². The highest BCUT2D eigenvalue weighted by atomic mass is 32.2. The van der Waals surface area contributed by atoms with Gasteiger partial charge in [0.25, 0.3) is 5.69 Å². The molecule has 19 heavy (non-hydrogen) atoms. The molecule has 0 saturated heterocycles. The lowest BCUT2D eigenvalue weighted by molar-refractivity contribution is -0.384. The molecule has 1 fully saturated rings. The van der Waals surface area contributed by atoms with E-state index < -0.39 is 14.9 Å². The van der Waals surface area contributed by atoms with Crippen molar-refractivity contribution < 1.29 is 13.3 Å². The number of rotatable bonds is 6. The van der Waals surface area contributed by atoms with Crippen LogP contribution in [0.1, 0.15) is 12.8 Å². The molecular formula is C11H15N3O4S. The third-order valence-electron chi connectivity index (χ3n) is 3.11. The van der Waals surface area contributed by atoms with Crippen LogP contribution < -0.4 is 10.5 Å². The summed E-state index contributed by atoms with van der Waals surface area (Å²) in [5, 5.41) is 10.5. The van der Waals surface area contributed by atoms with Crippen molar-refractivity contribution >= 4 is 15.7 Å². The van der Waals surface area contributed by atoms with E-state index in [1.54, 1.807) is 0 Å². The Bertz CT molecular complexity index is 566. The zero-order chi connectivity index (χ0) is 14.0. The van der Waals surface area contributed by atoms with E-state index in [9.17, 15) is 18.5 Å². The van der Waals surface area contributed by atoms with Gasteiger partial charge in [-0.1, -0.05) is 0 Å². The molecule has 0 radical (unpaired) electrons. The third-order valence-corrected chi connectivity index (χ3v) is 4.62. The summed E-state index contributed by atoms with van der Waals surface area (Å²) in [4.78, 5) is 9.95. The zero-order valence-electron chi connectivity index (χ0n) is 10.2. The van der Waals surface area contributed by atoms with Crippen LogP contribution in [0.15, 0.2) is 29.2 Å². The number of sulfonamides is 1. The smallest absolute Gasteiger partial charge is 0.269 e. The van der Waals surface area contributed by atoms with Crippen molar-refractivity contribution in [1.82, 2.24) is 4.72 Å². The molecule has 1 aliphatic rings. The van der Waals surface area contributed by atoms with Crippen LogP contribution in [0.25, 0.3) is 0 Å². The predicted molar refractivity (Wildman–Crippen MR) is 69.0 cm³/mol. The number of nitrogens with zero attached hydrogens (tertiary/aromatic N) is 1. The van der Waals surface area contributed by atoms with E-state index in [0.717, 1.165) is 12.8 Å². The Balaban J connectivity index is 2.16. The summed E-state index contributed by atoms with van der Waals surface area (Å²) in [5.41, 5.74) is 5.40. The van der Waals surface area contributed by atoms with Gasteiger partial charge < -0.3 is 5.73 Å². The predicted octanol–water partition coefficient (Wildman–Crippen LogP) is 0.610. The van der Waals surface area contributed by atoms with Gasteiger partial charge in [-0.25, -0.2) is 13.1 Å². The fraction of sp³-hybridized carbons (Fsp3) is 0.455. The van der Waals surface area contributed by atoms with Gasteiger partial charge in [0, 0.05) is 24.7 Å². The molecule has 3 N–H and O–H groups in total. The first kappa shape index (κ1) is 13.9. The van der Waals surface area contributed by atoms with E-state index >= 15 is 0 Å². The lowest BCUT2D eigenvalue weighted by Crippen LogP contribution is -2.41. The van der Waals surface area contributed by atoms with Gasteiger partial charge in [-0.2, -0.15) is 0 Å². The third kappa shape index (κ3) is 3.28. The van der Waals surface area contributed by atoms with Crippen LogP contribution >= 0.6 is 0 Å². The van der Waals surface area contributed by atoms with E-state index in [1.165, 1.54) is 24.3 Å². The summed E-state index contributed by atoms with van der Waals surface area (Å²) < 4.78 is 26.7. The van der Waals surface area contributed by atoms with Crippen LogP contribution in [0.3, 0.4) is 0 Å². The number of non-ortho nitro benzene ring substituents is 1. The number of nitro benzene ring substituents is 1. The highest BCUT2D eigenvalue weighted by Crippen LogP contribution is 2.32. The number of nitrogens with one attached hydrogen (secondary N) is 1. The van der Waals surface area contributed by atoms with Crippen LogP contribution in [0.4, 0.5) is 5.69 Å². The number of benzene rings is 1. The number of hydrogen-bond donors (Lipinski definition) is 2. The highest BCUT2D eigenvalue weighted by Gasteiger charge is 2.33. The number of nitrogens with two attached hydrogens (primary N) is 1. The van der Waals surface area contributed by atoms with Gasteiger partial charge in [0.15, 0.2) is 0 Å². The SMILES string of the molecule is NC[C@@H](NS(=O)(=O)c1ccc([N+](=O)[O-])cc1)C1CC1. The van der Waals surface area contributed by atoms with Gasteiger partial charge >= 0.3 is 0 Å². The fourth-order valence-corrected chi connectivity index (χ4v) is 3.17. The van der Waals surface area contributed by atoms with Crippen molar-refractivity contribution in [3.63, 3.8) is 0 Å². The fourth-order valence-electron chi connectivity index (χ4n) is 1.85. The average molecular weight is 285 g/mol. The van der Waals surface area contributed by atoms with Crippen molar-refractivity contribution in [3.05, 3.63) is 34.4 Å². The highest BCUT2D eigenvalue weighted by molar-refractivity contribution is 7.89.